The van der Waals surface area contributed by atoms with Gasteiger partial charge >= 0.3 is 0 Å². The van der Waals surface area contributed by atoms with Gasteiger partial charge in [0.15, 0.2) is 5.13 Å². The number of aryl methyl sites for hydroxylation is 1. The SMILES string of the molecule is Cc1ccc(Cc2cnc(Nc3ccccc3)s2)cc1. The number of benzene rings is 2. The Kier molecular flexibility index (Phi) is 3.79. The van der Waals surface area contributed by atoms with Gasteiger partial charge in [-0.05, 0) is 24.6 Å². The predicted octanol–water partition coefficient (Wildman–Crippen LogP) is 4.79. The molecule has 100 valence electrons. The van der Waals surface area contributed by atoms with Crippen LogP contribution < -0.4 is 5.32 Å². The van der Waals surface area contributed by atoms with E-state index in [0.717, 1.165) is 17.2 Å². The minimum atomic E-state index is 0.939. The van der Waals surface area contributed by atoms with E-state index in [9.17, 15) is 0 Å². The molecule has 0 radical (unpaired) electrons. The molecule has 0 spiro atoms. The van der Waals surface area contributed by atoms with Crippen molar-refractivity contribution < 1.29 is 0 Å². The summed E-state index contributed by atoms with van der Waals surface area (Å²) >= 11 is 1.70. The van der Waals surface area contributed by atoms with Crippen LogP contribution >= 0.6 is 11.3 Å². The van der Waals surface area contributed by atoms with Crippen molar-refractivity contribution in [3.63, 3.8) is 0 Å². The van der Waals surface area contributed by atoms with E-state index in [1.807, 2.05) is 36.5 Å². The van der Waals surface area contributed by atoms with Gasteiger partial charge in [0.1, 0.15) is 0 Å². The van der Waals surface area contributed by atoms with Crippen molar-refractivity contribution in [3.8, 4) is 0 Å². The molecule has 1 heterocycles. The fourth-order valence-electron chi connectivity index (χ4n) is 2.00. The molecule has 0 fully saturated rings. The summed E-state index contributed by atoms with van der Waals surface area (Å²) in [5.41, 5.74) is 3.69. The molecule has 0 aliphatic rings. The number of hydrogen-bond acceptors (Lipinski definition) is 3. The molecular weight excluding hydrogens is 264 g/mol. The second-order valence-corrected chi connectivity index (χ2v) is 5.90. The van der Waals surface area contributed by atoms with Gasteiger partial charge in [0.05, 0.1) is 0 Å². The third-order valence-electron chi connectivity index (χ3n) is 3.08. The van der Waals surface area contributed by atoms with Crippen molar-refractivity contribution >= 4 is 22.2 Å². The Morgan fingerprint density at radius 1 is 1.00 bits per heavy atom. The second-order valence-electron chi connectivity index (χ2n) is 4.79. The van der Waals surface area contributed by atoms with Gasteiger partial charge in [-0.2, -0.15) is 0 Å². The van der Waals surface area contributed by atoms with Crippen LogP contribution in [0.3, 0.4) is 0 Å². The monoisotopic (exact) mass is 280 g/mol. The molecule has 20 heavy (non-hydrogen) atoms. The zero-order chi connectivity index (χ0) is 13.8. The van der Waals surface area contributed by atoms with Crippen LogP contribution in [0.1, 0.15) is 16.0 Å². The molecule has 1 aromatic heterocycles. The molecule has 2 nitrogen and oxygen atoms in total. The Bertz CT molecular complexity index is 672. The number of nitrogens with one attached hydrogen (secondary N) is 1. The van der Waals surface area contributed by atoms with Gasteiger partial charge in [0.2, 0.25) is 0 Å². The normalized spacial score (nSPS) is 10.4. The fraction of sp³-hybridized carbons (Fsp3) is 0.118. The van der Waals surface area contributed by atoms with Gasteiger partial charge in [0, 0.05) is 23.2 Å². The molecule has 0 aliphatic heterocycles. The lowest BCUT2D eigenvalue weighted by Crippen LogP contribution is -1.87. The number of rotatable bonds is 4. The lowest BCUT2D eigenvalue weighted by atomic mass is 10.1. The predicted molar refractivity (Wildman–Crippen MR) is 85.8 cm³/mol. The molecule has 1 N–H and O–H groups in total. The minimum Gasteiger partial charge on any atom is -0.332 e. The number of anilines is 2. The van der Waals surface area contributed by atoms with Crippen LogP contribution in [0.15, 0.2) is 60.8 Å². The Labute approximate surface area is 123 Å². The van der Waals surface area contributed by atoms with Gasteiger partial charge in [-0.15, -0.1) is 11.3 Å². The van der Waals surface area contributed by atoms with E-state index in [1.54, 1.807) is 11.3 Å². The summed E-state index contributed by atoms with van der Waals surface area (Å²) < 4.78 is 0. The van der Waals surface area contributed by atoms with Crippen molar-refractivity contribution in [3.05, 3.63) is 76.8 Å². The molecule has 3 heteroatoms. The van der Waals surface area contributed by atoms with Gasteiger partial charge in [0.25, 0.3) is 0 Å². The zero-order valence-electron chi connectivity index (χ0n) is 11.3. The first-order chi connectivity index (χ1) is 9.79. The molecule has 3 rings (SSSR count). The van der Waals surface area contributed by atoms with E-state index in [4.69, 9.17) is 0 Å². The zero-order valence-corrected chi connectivity index (χ0v) is 12.2. The molecule has 0 atom stereocenters. The highest BCUT2D eigenvalue weighted by Gasteiger charge is 2.03. The molecule has 3 aromatic rings. The largest absolute Gasteiger partial charge is 0.332 e. The molecule has 0 bridgehead atoms. The Morgan fingerprint density at radius 3 is 2.50 bits per heavy atom. The molecule has 0 saturated carbocycles. The third kappa shape index (κ3) is 3.25. The topological polar surface area (TPSA) is 24.9 Å². The maximum absolute atomic E-state index is 4.43. The van der Waals surface area contributed by atoms with Crippen LogP contribution in [0.2, 0.25) is 0 Å². The van der Waals surface area contributed by atoms with Gasteiger partial charge in [-0.3, -0.25) is 0 Å². The van der Waals surface area contributed by atoms with E-state index in [2.05, 4.69) is 41.5 Å². The van der Waals surface area contributed by atoms with Crippen molar-refractivity contribution in [2.24, 2.45) is 0 Å². The molecular formula is C17H16N2S. The summed E-state index contributed by atoms with van der Waals surface area (Å²) in [6.07, 6.45) is 2.89. The highest BCUT2D eigenvalue weighted by Crippen LogP contribution is 2.24. The summed E-state index contributed by atoms with van der Waals surface area (Å²) in [5, 5.41) is 4.27. The van der Waals surface area contributed by atoms with E-state index in [1.165, 1.54) is 16.0 Å². The smallest absolute Gasteiger partial charge is 0.187 e. The third-order valence-corrected chi connectivity index (χ3v) is 3.99. The van der Waals surface area contributed by atoms with Gasteiger partial charge in [-0.25, -0.2) is 4.98 Å². The lowest BCUT2D eigenvalue weighted by Gasteiger charge is -2.01. The van der Waals surface area contributed by atoms with Crippen LogP contribution in [0, 0.1) is 6.92 Å². The number of nitrogens with zero attached hydrogens (tertiary/aromatic N) is 1. The highest BCUT2D eigenvalue weighted by atomic mass is 32.1. The summed E-state index contributed by atoms with van der Waals surface area (Å²) in [5.74, 6) is 0. The Morgan fingerprint density at radius 2 is 1.75 bits per heavy atom. The quantitative estimate of drug-likeness (QED) is 0.743. The maximum atomic E-state index is 4.43. The standard InChI is InChI=1S/C17H16N2S/c1-13-7-9-14(10-8-13)11-16-12-18-17(20-16)19-15-5-3-2-4-6-15/h2-10,12H,11H2,1H3,(H,18,19). The summed E-state index contributed by atoms with van der Waals surface area (Å²) in [6, 6.07) is 18.8. The lowest BCUT2D eigenvalue weighted by molar-refractivity contribution is 1.21. The van der Waals surface area contributed by atoms with Crippen LogP contribution in [0.4, 0.5) is 10.8 Å². The van der Waals surface area contributed by atoms with E-state index in [0.29, 0.717) is 0 Å². The van der Waals surface area contributed by atoms with E-state index < -0.39 is 0 Å². The average molecular weight is 280 g/mol. The fourth-order valence-corrected chi connectivity index (χ4v) is 2.87. The van der Waals surface area contributed by atoms with Crippen LogP contribution in [-0.2, 0) is 6.42 Å². The first kappa shape index (κ1) is 12.9. The van der Waals surface area contributed by atoms with Crippen LogP contribution in [0.25, 0.3) is 0 Å². The molecule has 0 saturated heterocycles. The Hall–Kier alpha value is -2.13. The number of hydrogen-bond donors (Lipinski definition) is 1. The van der Waals surface area contributed by atoms with Crippen LogP contribution in [-0.4, -0.2) is 4.98 Å². The Balaban J connectivity index is 1.69. The first-order valence-corrected chi connectivity index (χ1v) is 7.43. The van der Waals surface area contributed by atoms with E-state index in [-0.39, 0.29) is 0 Å². The van der Waals surface area contributed by atoms with Gasteiger partial charge < -0.3 is 5.32 Å². The number of thiazole rings is 1. The van der Waals surface area contributed by atoms with Crippen molar-refractivity contribution in [1.29, 1.82) is 0 Å². The highest BCUT2D eigenvalue weighted by molar-refractivity contribution is 7.15. The second kappa shape index (κ2) is 5.88. The number of para-hydroxylation sites is 1. The summed E-state index contributed by atoms with van der Waals surface area (Å²) in [4.78, 5) is 5.70. The van der Waals surface area contributed by atoms with Gasteiger partial charge in [-0.1, -0.05) is 48.0 Å². The van der Waals surface area contributed by atoms with E-state index >= 15 is 0 Å². The van der Waals surface area contributed by atoms with Crippen molar-refractivity contribution in [1.82, 2.24) is 4.98 Å². The first-order valence-electron chi connectivity index (χ1n) is 6.62. The maximum Gasteiger partial charge on any atom is 0.187 e. The molecule has 0 unspecified atom stereocenters. The van der Waals surface area contributed by atoms with Crippen LogP contribution in [0.5, 0.6) is 0 Å². The minimum absolute atomic E-state index is 0.939. The summed E-state index contributed by atoms with van der Waals surface area (Å²) in [6.45, 7) is 2.11. The summed E-state index contributed by atoms with van der Waals surface area (Å²) in [7, 11) is 0. The van der Waals surface area contributed by atoms with Crippen molar-refractivity contribution in [2.45, 2.75) is 13.3 Å². The molecule has 0 amide bonds. The molecule has 2 aromatic carbocycles. The number of aromatic nitrogens is 1. The average Bonchev–Trinajstić information content (AvgIpc) is 2.90. The van der Waals surface area contributed by atoms with Crippen molar-refractivity contribution in [2.75, 3.05) is 5.32 Å². The molecule has 0 aliphatic carbocycles.